The SMILES string of the molecule is CCNC(=NCC(C(C)C)N1CCOCC1)NCCCCCOC.I. The minimum atomic E-state index is 0. The van der Waals surface area contributed by atoms with E-state index in [-0.39, 0.29) is 24.0 Å². The van der Waals surface area contributed by atoms with E-state index in [0.717, 1.165) is 71.3 Å². The maximum atomic E-state index is 5.48. The predicted molar refractivity (Wildman–Crippen MR) is 116 cm³/mol. The Labute approximate surface area is 171 Å². The van der Waals surface area contributed by atoms with Gasteiger partial charge in [0.1, 0.15) is 0 Å². The summed E-state index contributed by atoms with van der Waals surface area (Å²) >= 11 is 0. The Bertz CT molecular complexity index is 337. The highest BCUT2D eigenvalue weighted by Crippen LogP contribution is 2.13. The average molecular weight is 470 g/mol. The van der Waals surface area contributed by atoms with Crippen LogP contribution in [0.4, 0.5) is 0 Å². The number of unbranched alkanes of at least 4 members (excludes halogenated alkanes) is 2. The molecule has 0 aromatic heterocycles. The molecule has 0 amide bonds. The number of guanidine groups is 1. The molecule has 1 saturated heterocycles. The largest absolute Gasteiger partial charge is 0.385 e. The first-order valence-corrected chi connectivity index (χ1v) is 9.52. The Morgan fingerprint density at radius 3 is 2.48 bits per heavy atom. The van der Waals surface area contributed by atoms with Crippen molar-refractivity contribution in [3.63, 3.8) is 0 Å². The lowest BCUT2D eigenvalue weighted by Gasteiger charge is -2.36. The Kier molecular flexibility index (Phi) is 16.0. The highest BCUT2D eigenvalue weighted by Gasteiger charge is 2.23. The van der Waals surface area contributed by atoms with Gasteiger partial charge in [-0.05, 0) is 32.1 Å². The van der Waals surface area contributed by atoms with Gasteiger partial charge in [0.15, 0.2) is 5.96 Å². The van der Waals surface area contributed by atoms with Gasteiger partial charge >= 0.3 is 0 Å². The topological polar surface area (TPSA) is 58.1 Å². The number of methoxy groups -OCH3 is 1. The van der Waals surface area contributed by atoms with E-state index in [1.54, 1.807) is 7.11 Å². The lowest BCUT2D eigenvalue weighted by Crippen LogP contribution is -2.48. The van der Waals surface area contributed by atoms with Crippen LogP contribution < -0.4 is 10.6 Å². The summed E-state index contributed by atoms with van der Waals surface area (Å²) in [6, 6.07) is 0.478. The Hall–Kier alpha value is -0.120. The number of nitrogens with zero attached hydrogens (tertiary/aromatic N) is 2. The zero-order valence-electron chi connectivity index (χ0n) is 16.6. The molecular weight excluding hydrogens is 431 g/mol. The van der Waals surface area contributed by atoms with Gasteiger partial charge in [-0.2, -0.15) is 0 Å². The van der Waals surface area contributed by atoms with E-state index in [9.17, 15) is 0 Å². The van der Waals surface area contributed by atoms with Gasteiger partial charge in [-0.25, -0.2) is 0 Å². The third-order valence-electron chi connectivity index (χ3n) is 4.38. The fourth-order valence-corrected chi connectivity index (χ4v) is 2.94. The van der Waals surface area contributed by atoms with Crippen LogP contribution in [0.3, 0.4) is 0 Å². The first-order chi connectivity index (χ1) is 11.7. The summed E-state index contributed by atoms with van der Waals surface area (Å²) < 4.78 is 10.6. The predicted octanol–water partition coefficient (Wildman–Crippen LogP) is 2.33. The van der Waals surface area contributed by atoms with Crippen LogP contribution in [0.5, 0.6) is 0 Å². The van der Waals surface area contributed by atoms with Crippen LogP contribution in [0, 0.1) is 5.92 Å². The van der Waals surface area contributed by atoms with E-state index in [1.165, 1.54) is 6.42 Å². The molecule has 1 atom stereocenters. The first-order valence-electron chi connectivity index (χ1n) is 9.52. The molecular formula is C18H39IN4O2. The molecule has 0 bridgehead atoms. The summed E-state index contributed by atoms with van der Waals surface area (Å²) in [5, 5.41) is 6.80. The van der Waals surface area contributed by atoms with E-state index >= 15 is 0 Å². The lowest BCUT2D eigenvalue weighted by molar-refractivity contribution is 0.00867. The molecule has 1 heterocycles. The van der Waals surface area contributed by atoms with Gasteiger partial charge in [0, 0.05) is 45.9 Å². The monoisotopic (exact) mass is 470 g/mol. The molecule has 2 N–H and O–H groups in total. The van der Waals surface area contributed by atoms with Crippen LogP contribution in [0.15, 0.2) is 4.99 Å². The first kappa shape index (κ1) is 24.9. The van der Waals surface area contributed by atoms with Crippen LogP contribution in [0.2, 0.25) is 0 Å². The van der Waals surface area contributed by atoms with E-state index in [1.807, 2.05) is 0 Å². The van der Waals surface area contributed by atoms with Crippen LogP contribution in [0.1, 0.15) is 40.0 Å². The standard InChI is InChI=1S/C18H38N4O2.HI/c1-5-19-18(20-9-7-6-8-12-23-4)21-15-17(16(2)3)22-10-13-24-14-11-22;/h16-17H,5-15H2,1-4H3,(H2,19,20,21);1H. The van der Waals surface area contributed by atoms with Crippen molar-refractivity contribution in [2.75, 3.05) is 59.7 Å². The van der Waals surface area contributed by atoms with Crippen molar-refractivity contribution in [1.29, 1.82) is 0 Å². The number of morpholine rings is 1. The van der Waals surface area contributed by atoms with Crippen molar-refractivity contribution >= 4 is 29.9 Å². The summed E-state index contributed by atoms with van der Waals surface area (Å²) in [5.41, 5.74) is 0. The van der Waals surface area contributed by atoms with Gasteiger partial charge < -0.3 is 20.1 Å². The summed E-state index contributed by atoms with van der Waals surface area (Å²) in [7, 11) is 1.76. The van der Waals surface area contributed by atoms with Crippen molar-refractivity contribution in [1.82, 2.24) is 15.5 Å². The van der Waals surface area contributed by atoms with Crippen molar-refractivity contribution < 1.29 is 9.47 Å². The van der Waals surface area contributed by atoms with Crippen molar-refractivity contribution in [3.05, 3.63) is 0 Å². The molecule has 0 radical (unpaired) electrons. The number of nitrogens with one attached hydrogen (secondary N) is 2. The minimum absolute atomic E-state index is 0. The van der Waals surface area contributed by atoms with Crippen molar-refractivity contribution in [2.45, 2.75) is 46.1 Å². The van der Waals surface area contributed by atoms with Gasteiger partial charge in [0.05, 0.1) is 19.8 Å². The second kappa shape index (κ2) is 16.1. The van der Waals surface area contributed by atoms with E-state index < -0.39 is 0 Å². The molecule has 0 aromatic carbocycles. The normalized spacial score (nSPS) is 17.2. The Balaban J connectivity index is 0.00000576. The number of hydrogen-bond donors (Lipinski definition) is 2. The quantitative estimate of drug-likeness (QED) is 0.210. The number of rotatable bonds is 11. The molecule has 25 heavy (non-hydrogen) atoms. The summed E-state index contributed by atoms with van der Waals surface area (Å²) in [5.74, 6) is 1.52. The molecule has 1 aliphatic rings. The highest BCUT2D eigenvalue weighted by atomic mass is 127. The van der Waals surface area contributed by atoms with E-state index in [2.05, 4.69) is 36.3 Å². The molecule has 1 unspecified atom stereocenters. The third-order valence-corrected chi connectivity index (χ3v) is 4.38. The highest BCUT2D eigenvalue weighted by molar-refractivity contribution is 14.0. The van der Waals surface area contributed by atoms with Crippen molar-refractivity contribution in [3.8, 4) is 0 Å². The molecule has 1 rings (SSSR count). The zero-order valence-corrected chi connectivity index (χ0v) is 18.9. The zero-order chi connectivity index (χ0) is 17.6. The molecule has 6 nitrogen and oxygen atoms in total. The minimum Gasteiger partial charge on any atom is -0.385 e. The number of aliphatic imine (C=N–C) groups is 1. The molecule has 1 fully saturated rings. The van der Waals surface area contributed by atoms with E-state index in [4.69, 9.17) is 14.5 Å². The second-order valence-electron chi connectivity index (χ2n) is 6.66. The van der Waals surface area contributed by atoms with Gasteiger partial charge in [0.2, 0.25) is 0 Å². The molecule has 0 aromatic rings. The molecule has 1 aliphatic heterocycles. The Morgan fingerprint density at radius 1 is 1.16 bits per heavy atom. The van der Waals surface area contributed by atoms with Gasteiger partial charge in [-0.1, -0.05) is 13.8 Å². The fraction of sp³-hybridized carbons (Fsp3) is 0.944. The smallest absolute Gasteiger partial charge is 0.191 e. The van der Waals surface area contributed by atoms with Crippen LogP contribution in [-0.2, 0) is 9.47 Å². The molecule has 0 spiro atoms. The van der Waals surface area contributed by atoms with Crippen LogP contribution in [0.25, 0.3) is 0 Å². The van der Waals surface area contributed by atoms with Crippen LogP contribution in [-0.4, -0.2) is 76.6 Å². The maximum absolute atomic E-state index is 5.48. The third kappa shape index (κ3) is 11.2. The van der Waals surface area contributed by atoms with Gasteiger partial charge in [-0.3, -0.25) is 9.89 Å². The number of hydrogen-bond acceptors (Lipinski definition) is 4. The summed E-state index contributed by atoms with van der Waals surface area (Å²) in [6.07, 6.45) is 3.45. The maximum Gasteiger partial charge on any atom is 0.191 e. The Morgan fingerprint density at radius 2 is 1.88 bits per heavy atom. The van der Waals surface area contributed by atoms with Gasteiger partial charge in [0.25, 0.3) is 0 Å². The van der Waals surface area contributed by atoms with Crippen molar-refractivity contribution in [2.24, 2.45) is 10.9 Å². The number of ether oxygens (including phenoxy) is 2. The summed E-state index contributed by atoms with van der Waals surface area (Å²) in [6.45, 7) is 13.9. The average Bonchev–Trinajstić information content (AvgIpc) is 2.58. The second-order valence-corrected chi connectivity index (χ2v) is 6.66. The lowest BCUT2D eigenvalue weighted by atomic mass is 10.0. The molecule has 7 heteroatoms. The molecule has 150 valence electrons. The molecule has 0 aliphatic carbocycles. The summed E-state index contributed by atoms with van der Waals surface area (Å²) in [4.78, 5) is 7.35. The van der Waals surface area contributed by atoms with E-state index in [0.29, 0.717) is 12.0 Å². The molecule has 0 saturated carbocycles. The van der Waals surface area contributed by atoms with Gasteiger partial charge in [-0.15, -0.1) is 24.0 Å². The number of halogens is 1. The van der Waals surface area contributed by atoms with Crippen LogP contribution >= 0.6 is 24.0 Å². The fourth-order valence-electron chi connectivity index (χ4n) is 2.94.